The van der Waals surface area contributed by atoms with Gasteiger partial charge in [0.2, 0.25) is 0 Å². The fourth-order valence-corrected chi connectivity index (χ4v) is 1.82. The second-order valence-electron chi connectivity index (χ2n) is 4.83. The highest BCUT2D eigenvalue weighted by molar-refractivity contribution is 5.77. The Morgan fingerprint density at radius 3 is 2.44 bits per heavy atom. The molecule has 0 aromatic heterocycles. The number of aliphatic imine (C=N–C) groups is 1. The van der Waals surface area contributed by atoms with E-state index in [1.54, 1.807) is 0 Å². The zero-order chi connectivity index (χ0) is 13.5. The van der Waals surface area contributed by atoms with Crippen molar-refractivity contribution in [2.24, 2.45) is 10.7 Å². The number of hydrogen-bond donors (Lipinski definition) is 2. The number of aryl methyl sites for hydroxylation is 2. The van der Waals surface area contributed by atoms with Crippen LogP contribution in [0, 0.1) is 13.8 Å². The van der Waals surface area contributed by atoms with Crippen molar-refractivity contribution in [3.05, 3.63) is 47.0 Å². The average molecular weight is 245 g/mol. The van der Waals surface area contributed by atoms with Gasteiger partial charge in [-0.1, -0.05) is 41.5 Å². The largest absolute Gasteiger partial charge is 0.370 e. The average Bonchev–Trinajstić information content (AvgIpc) is 2.25. The van der Waals surface area contributed by atoms with Crippen molar-refractivity contribution in [1.29, 1.82) is 0 Å². The van der Waals surface area contributed by atoms with Crippen LogP contribution in [0.1, 0.15) is 23.6 Å². The summed E-state index contributed by atoms with van der Waals surface area (Å²) in [6, 6.07) is 6.59. The minimum Gasteiger partial charge on any atom is -0.370 e. The number of benzene rings is 1. The van der Waals surface area contributed by atoms with Crippen LogP contribution in [0.25, 0.3) is 0 Å². The van der Waals surface area contributed by atoms with Crippen molar-refractivity contribution in [1.82, 2.24) is 5.32 Å². The molecule has 18 heavy (non-hydrogen) atoms. The third-order valence-corrected chi connectivity index (χ3v) is 2.52. The molecule has 0 radical (unpaired) electrons. The molecule has 1 rings (SSSR count). The quantitative estimate of drug-likeness (QED) is 0.475. The molecule has 0 atom stereocenters. The second-order valence-corrected chi connectivity index (χ2v) is 4.83. The van der Waals surface area contributed by atoms with Gasteiger partial charge < -0.3 is 11.1 Å². The summed E-state index contributed by atoms with van der Waals surface area (Å²) in [6.45, 7) is 11.3. The normalized spacial score (nSPS) is 11.4. The topological polar surface area (TPSA) is 50.4 Å². The van der Waals surface area contributed by atoms with E-state index in [0.29, 0.717) is 12.5 Å². The van der Waals surface area contributed by atoms with Gasteiger partial charge in [-0.3, -0.25) is 0 Å². The molecule has 0 saturated carbocycles. The first-order valence-corrected chi connectivity index (χ1v) is 6.22. The molecule has 1 aromatic carbocycles. The van der Waals surface area contributed by atoms with Gasteiger partial charge in [0.05, 0.1) is 6.54 Å². The van der Waals surface area contributed by atoms with Crippen LogP contribution in [0.3, 0.4) is 0 Å². The van der Waals surface area contributed by atoms with E-state index >= 15 is 0 Å². The van der Waals surface area contributed by atoms with Crippen LogP contribution in [0.15, 0.2) is 35.3 Å². The Hall–Kier alpha value is -1.77. The number of nitrogens with zero attached hydrogens (tertiary/aromatic N) is 1. The highest BCUT2D eigenvalue weighted by Gasteiger charge is 1.97. The van der Waals surface area contributed by atoms with Gasteiger partial charge >= 0.3 is 0 Å². The monoisotopic (exact) mass is 245 g/mol. The molecule has 0 aliphatic heterocycles. The smallest absolute Gasteiger partial charge is 0.188 e. The van der Waals surface area contributed by atoms with Crippen molar-refractivity contribution in [2.45, 2.75) is 27.2 Å². The predicted molar refractivity (Wildman–Crippen MR) is 78.9 cm³/mol. The summed E-state index contributed by atoms with van der Waals surface area (Å²) in [7, 11) is 0. The lowest BCUT2D eigenvalue weighted by atomic mass is 10.1. The van der Waals surface area contributed by atoms with Gasteiger partial charge in [-0.15, -0.1) is 0 Å². The SMILES string of the molecule is C=C(C)CN=C(N)NCCc1cc(C)cc(C)c1. The van der Waals surface area contributed by atoms with Crippen LogP contribution in [0.4, 0.5) is 0 Å². The van der Waals surface area contributed by atoms with Gasteiger partial charge in [-0.05, 0) is 32.8 Å². The molecule has 0 aliphatic rings. The lowest BCUT2D eigenvalue weighted by Gasteiger charge is -2.07. The first-order valence-electron chi connectivity index (χ1n) is 6.22. The van der Waals surface area contributed by atoms with Gasteiger partial charge in [0, 0.05) is 6.54 Å². The van der Waals surface area contributed by atoms with Gasteiger partial charge in [0.1, 0.15) is 0 Å². The van der Waals surface area contributed by atoms with E-state index in [2.05, 4.69) is 48.9 Å². The fraction of sp³-hybridized carbons (Fsp3) is 0.400. The van der Waals surface area contributed by atoms with Gasteiger partial charge in [-0.25, -0.2) is 4.99 Å². The van der Waals surface area contributed by atoms with Crippen molar-refractivity contribution in [2.75, 3.05) is 13.1 Å². The molecule has 0 fully saturated rings. The molecule has 0 bridgehead atoms. The first kappa shape index (κ1) is 14.3. The van der Waals surface area contributed by atoms with E-state index in [9.17, 15) is 0 Å². The van der Waals surface area contributed by atoms with Crippen LogP contribution < -0.4 is 11.1 Å². The molecule has 98 valence electrons. The van der Waals surface area contributed by atoms with Gasteiger partial charge in [0.25, 0.3) is 0 Å². The third kappa shape index (κ3) is 5.53. The molecule has 0 aliphatic carbocycles. The lowest BCUT2D eigenvalue weighted by Crippen LogP contribution is -2.33. The summed E-state index contributed by atoms with van der Waals surface area (Å²) in [5.74, 6) is 0.488. The van der Waals surface area contributed by atoms with Gasteiger partial charge in [-0.2, -0.15) is 0 Å². The summed E-state index contributed by atoms with van der Waals surface area (Å²) in [4.78, 5) is 4.17. The van der Waals surface area contributed by atoms with Crippen molar-refractivity contribution < 1.29 is 0 Å². The number of guanidine groups is 1. The standard InChI is InChI=1S/C15H23N3/c1-11(2)10-18-15(16)17-6-5-14-8-12(3)7-13(4)9-14/h7-9H,1,5-6,10H2,2-4H3,(H3,16,17,18). The van der Waals surface area contributed by atoms with Crippen LogP contribution in [-0.4, -0.2) is 19.0 Å². The van der Waals surface area contributed by atoms with Crippen LogP contribution in [-0.2, 0) is 6.42 Å². The Bertz CT molecular complexity index is 427. The Balaban J connectivity index is 2.41. The second kappa shape index (κ2) is 6.84. The molecule has 0 spiro atoms. The molecular formula is C15H23N3. The lowest BCUT2D eigenvalue weighted by molar-refractivity contribution is 0.851. The van der Waals surface area contributed by atoms with E-state index in [4.69, 9.17) is 5.73 Å². The van der Waals surface area contributed by atoms with Crippen LogP contribution >= 0.6 is 0 Å². The third-order valence-electron chi connectivity index (χ3n) is 2.52. The first-order chi connectivity index (χ1) is 8.47. The summed E-state index contributed by atoms with van der Waals surface area (Å²) in [5.41, 5.74) is 10.7. The predicted octanol–water partition coefficient (Wildman–Crippen LogP) is 2.33. The van der Waals surface area contributed by atoms with Crippen molar-refractivity contribution >= 4 is 5.96 Å². The zero-order valence-electron chi connectivity index (χ0n) is 11.6. The Morgan fingerprint density at radius 1 is 1.28 bits per heavy atom. The van der Waals surface area contributed by atoms with E-state index < -0.39 is 0 Å². The summed E-state index contributed by atoms with van der Waals surface area (Å²) < 4.78 is 0. The van der Waals surface area contributed by atoms with Crippen molar-refractivity contribution in [3.63, 3.8) is 0 Å². The highest BCUT2D eigenvalue weighted by Crippen LogP contribution is 2.08. The fourth-order valence-electron chi connectivity index (χ4n) is 1.82. The number of nitrogens with two attached hydrogens (primary N) is 1. The molecule has 3 heteroatoms. The van der Waals surface area contributed by atoms with E-state index in [0.717, 1.165) is 18.5 Å². The van der Waals surface area contributed by atoms with Gasteiger partial charge in [0.15, 0.2) is 5.96 Å². The molecule has 3 N–H and O–H groups in total. The highest BCUT2D eigenvalue weighted by atomic mass is 15.1. The summed E-state index contributed by atoms with van der Waals surface area (Å²) in [6.07, 6.45) is 0.950. The molecule has 0 unspecified atom stereocenters. The molecule has 1 aromatic rings. The molecule has 3 nitrogen and oxygen atoms in total. The summed E-state index contributed by atoms with van der Waals surface area (Å²) in [5, 5.41) is 3.11. The van der Waals surface area contributed by atoms with E-state index in [-0.39, 0.29) is 0 Å². The number of rotatable bonds is 5. The minimum atomic E-state index is 0.488. The molecule has 0 saturated heterocycles. The van der Waals surface area contributed by atoms with E-state index in [1.807, 2.05) is 6.92 Å². The van der Waals surface area contributed by atoms with Crippen LogP contribution in [0.5, 0.6) is 0 Å². The van der Waals surface area contributed by atoms with Crippen LogP contribution in [0.2, 0.25) is 0 Å². The maximum Gasteiger partial charge on any atom is 0.188 e. The maximum atomic E-state index is 5.74. The number of hydrogen-bond acceptors (Lipinski definition) is 1. The molecular weight excluding hydrogens is 222 g/mol. The van der Waals surface area contributed by atoms with E-state index in [1.165, 1.54) is 16.7 Å². The number of nitrogens with one attached hydrogen (secondary N) is 1. The Labute approximate surface area is 110 Å². The maximum absolute atomic E-state index is 5.74. The Morgan fingerprint density at radius 2 is 1.89 bits per heavy atom. The molecule has 0 heterocycles. The summed E-state index contributed by atoms with van der Waals surface area (Å²) >= 11 is 0. The minimum absolute atomic E-state index is 0.488. The zero-order valence-corrected chi connectivity index (χ0v) is 11.6. The molecule has 0 amide bonds. The van der Waals surface area contributed by atoms with Crippen molar-refractivity contribution in [3.8, 4) is 0 Å². The Kier molecular flexibility index (Phi) is 5.43.